The van der Waals surface area contributed by atoms with Crippen LogP contribution in [0.25, 0.3) is 0 Å². The first kappa shape index (κ1) is 23.8. The van der Waals surface area contributed by atoms with Gasteiger partial charge in [0.25, 0.3) is 0 Å². The number of carbonyl (C=O) groups excluding carboxylic acids is 1. The summed E-state index contributed by atoms with van der Waals surface area (Å²) in [6.45, 7) is 7.49. The Kier molecular flexibility index (Phi) is 8.28. The molecule has 0 spiro atoms. The van der Waals surface area contributed by atoms with Crippen LogP contribution in [-0.4, -0.2) is 36.1 Å². The first-order chi connectivity index (χ1) is 15.5. The van der Waals surface area contributed by atoms with Gasteiger partial charge in [-0.3, -0.25) is 4.79 Å². The molecule has 1 aliphatic heterocycles. The monoisotopic (exact) mass is 452 g/mol. The summed E-state index contributed by atoms with van der Waals surface area (Å²) in [5.74, 6) is 1.34. The second-order valence-corrected chi connectivity index (χ2v) is 8.17. The van der Waals surface area contributed by atoms with Crippen LogP contribution in [0.2, 0.25) is 0 Å². The predicted octanol–water partition coefficient (Wildman–Crippen LogP) is 5.67. The molecule has 0 bridgehead atoms. The van der Waals surface area contributed by atoms with Crippen LogP contribution in [0.5, 0.6) is 11.5 Å². The quantitative estimate of drug-likeness (QED) is 0.285. The minimum atomic E-state index is -0.374. The molecule has 170 valence electrons. The third kappa shape index (κ3) is 5.13. The largest absolute Gasteiger partial charge is 0.493 e. The molecule has 1 aliphatic rings. The molecule has 0 fully saturated rings. The number of hydrogen-bond donors (Lipinski definition) is 1. The molecule has 0 aromatic heterocycles. The number of hydrogen-bond acceptors (Lipinski definition) is 4. The lowest BCUT2D eigenvalue weighted by molar-refractivity contribution is 0.102. The van der Waals surface area contributed by atoms with Crippen molar-refractivity contribution in [1.29, 1.82) is 0 Å². The third-order valence-electron chi connectivity index (χ3n) is 5.72. The number of thiocarbonyl (C=S) groups is 1. The SMILES string of the molecule is CCCCCOc1ccc(C2NC(=S)N(CC)C(C)=C2C(=O)c2ccccc2)cc1OC. The van der Waals surface area contributed by atoms with Gasteiger partial charge in [-0.05, 0) is 50.2 Å². The Balaban J connectivity index is 1.99. The van der Waals surface area contributed by atoms with E-state index < -0.39 is 0 Å². The second kappa shape index (κ2) is 11.1. The minimum absolute atomic E-state index is 0.0135. The van der Waals surface area contributed by atoms with Gasteiger partial charge in [-0.25, -0.2) is 0 Å². The summed E-state index contributed by atoms with van der Waals surface area (Å²) in [4.78, 5) is 15.5. The van der Waals surface area contributed by atoms with Gasteiger partial charge in [-0.1, -0.05) is 56.2 Å². The van der Waals surface area contributed by atoms with E-state index in [0.29, 0.717) is 40.9 Å². The number of methoxy groups -OCH3 is 1. The molecule has 1 heterocycles. The van der Waals surface area contributed by atoms with E-state index in [0.717, 1.165) is 30.5 Å². The van der Waals surface area contributed by atoms with E-state index in [1.807, 2.05) is 67.3 Å². The van der Waals surface area contributed by atoms with Gasteiger partial charge in [0.2, 0.25) is 0 Å². The molecule has 2 aromatic carbocycles. The van der Waals surface area contributed by atoms with Crippen molar-refractivity contribution in [3.05, 3.63) is 70.9 Å². The van der Waals surface area contributed by atoms with Crippen molar-refractivity contribution in [2.24, 2.45) is 0 Å². The number of unbranched alkanes of at least 4 members (excludes halogenated alkanes) is 2. The van der Waals surface area contributed by atoms with Crippen molar-refractivity contribution in [3.63, 3.8) is 0 Å². The summed E-state index contributed by atoms with van der Waals surface area (Å²) in [6, 6.07) is 14.8. The van der Waals surface area contributed by atoms with Crippen molar-refractivity contribution < 1.29 is 14.3 Å². The highest BCUT2D eigenvalue weighted by Gasteiger charge is 2.34. The predicted molar refractivity (Wildman–Crippen MR) is 132 cm³/mol. The number of rotatable bonds is 10. The van der Waals surface area contributed by atoms with Crippen molar-refractivity contribution in [2.75, 3.05) is 20.3 Å². The normalized spacial score (nSPS) is 16.1. The zero-order chi connectivity index (χ0) is 23.1. The minimum Gasteiger partial charge on any atom is -0.493 e. The van der Waals surface area contributed by atoms with Gasteiger partial charge in [0.05, 0.1) is 19.8 Å². The first-order valence-corrected chi connectivity index (χ1v) is 11.6. The zero-order valence-electron chi connectivity index (χ0n) is 19.3. The van der Waals surface area contributed by atoms with E-state index in [2.05, 4.69) is 12.2 Å². The average molecular weight is 453 g/mol. The second-order valence-electron chi connectivity index (χ2n) is 7.79. The highest BCUT2D eigenvalue weighted by molar-refractivity contribution is 7.80. The summed E-state index contributed by atoms with van der Waals surface area (Å²) >= 11 is 5.62. The molecular weight excluding hydrogens is 420 g/mol. The lowest BCUT2D eigenvalue weighted by atomic mass is 9.89. The maximum absolute atomic E-state index is 13.6. The van der Waals surface area contributed by atoms with Crippen LogP contribution >= 0.6 is 12.2 Å². The molecule has 0 saturated carbocycles. The topological polar surface area (TPSA) is 50.8 Å². The fourth-order valence-electron chi connectivity index (χ4n) is 3.97. The highest BCUT2D eigenvalue weighted by Crippen LogP contribution is 2.37. The molecule has 6 heteroatoms. The van der Waals surface area contributed by atoms with Crippen molar-refractivity contribution in [1.82, 2.24) is 10.2 Å². The molecule has 2 aromatic rings. The standard InChI is InChI=1S/C26H32N2O3S/c1-5-7-11-16-31-21-15-14-20(17-22(21)30-4)24-23(18(3)28(6-2)26(32)27-24)25(29)19-12-9-8-10-13-19/h8-10,12-15,17,24H,5-7,11,16H2,1-4H3,(H,27,32). The van der Waals surface area contributed by atoms with E-state index >= 15 is 0 Å². The molecule has 32 heavy (non-hydrogen) atoms. The molecule has 0 saturated heterocycles. The molecule has 0 aliphatic carbocycles. The van der Waals surface area contributed by atoms with Crippen LogP contribution in [0.15, 0.2) is 59.8 Å². The van der Waals surface area contributed by atoms with E-state index in [1.165, 1.54) is 0 Å². The number of nitrogens with zero attached hydrogens (tertiary/aromatic N) is 1. The number of benzene rings is 2. The van der Waals surface area contributed by atoms with Crippen LogP contribution in [0, 0.1) is 0 Å². The molecule has 3 rings (SSSR count). The number of ketones is 1. The number of Topliss-reactive ketones (excluding diaryl/α,β-unsaturated/α-hetero) is 1. The highest BCUT2D eigenvalue weighted by atomic mass is 32.1. The Hall–Kier alpha value is -2.86. The Morgan fingerprint density at radius 2 is 1.84 bits per heavy atom. The fourth-order valence-corrected chi connectivity index (χ4v) is 4.35. The number of allylic oxidation sites excluding steroid dienone is 1. The third-order valence-corrected chi connectivity index (χ3v) is 6.06. The van der Waals surface area contributed by atoms with Crippen LogP contribution in [0.1, 0.15) is 62.0 Å². The number of carbonyl (C=O) groups is 1. The maximum Gasteiger partial charge on any atom is 0.193 e. The lowest BCUT2D eigenvalue weighted by Crippen LogP contribution is -2.47. The van der Waals surface area contributed by atoms with Gasteiger partial charge in [-0.2, -0.15) is 0 Å². The van der Waals surface area contributed by atoms with E-state index in [-0.39, 0.29) is 11.8 Å². The van der Waals surface area contributed by atoms with Crippen LogP contribution < -0.4 is 14.8 Å². The first-order valence-electron chi connectivity index (χ1n) is 11.2. The zero-order valence-corrected chi connectivity index (χ0v) is 20.1. The fraction of sp³-hybridized carbons (Fsp3) is 0.385. The van der Waals surface area contributed by atoms with Gasteiger partial charge in [0, 0.05) is 23.4 Å². The molecule has 0 amide bonds. The Morgan fingerprint density at radius 3 is 2.50 bits per heavy atom. The van der Waals surface area contributed by atoms with E-state index in [4.69, 9.17) is 21.7 Å². The molecule has 5 nitrogen and oxygen atoms in total. The molecule has 1 atom stereocenters. The summed E-state index contributed by atoms with van der Waals surface area (Å²) in [5, 5.41) is 3.99. The van der Waals surface area contributed by atoms with Crippen LogP contribution in [0.4, 0.5) is 0 Å². The van der Waals surface area contributed by atoms with Crippen molar-refractivity contribution in [2.45, 2.75) is 46.1 Å². The van der Waals surface area contributed by atoms with Gasteiger partial charge < -0.3 is 19.7 Å². The Labute approximate surface area is 196 Å². The van der Waals surface area contributed by atoms with Crippen molar-refractivity contribution >= 4 is 23.1 Å². The smallest absolute Gasteiger partial charge is 0.193 e. The molecule has 0 radical (unpaired) electrons. The summed E-state index contributed by atoms with van der Waals surface area (Å²) in [7, 11) is 1.63. The number of ether oxygens (including phenoxy) is 2. The van der Waals surface area contributed by atoms with Gasteiger partial charge >= 0.3 is 0 Å². The van der Waals surface area contributed by atoms with Gasteiger partial charge in [0.15, 0.2) is 22.4 Å². The van der Waals surface area contributed by atoms with Crippen LogP contribution in [0.3, 0.4) is 0 Å². The van der Waals surface area contributed by atoms with Gasteiger partial charge in [-0.15, -0.1) is 0 Å². The summed E-state index contributed by atoms with van der Waals surface area (Å²) in [6.07, 6.45) is 3.28. The number of nitrogens with one attached hydrogen (secondary N) is 1. The Bertz CT molecular complexity index is 988. The van der Waals surface area contributed by atoms with Crippen molar-refractivity contribution in [3.8, 4) is 11.5 Å². The van der Waals surface area contributed by atoms with Crippen LogP contribution in [-0.2, 0) is 0 Å². The lowest BCUT2D eigenvalue weighted by Gasteiger charge is -2.37. The molecule has 1 unspecified atom stereocenters. The van der Waals surface area contributed by atoms with E-state index in [9.17, 15) is 4.79 Å². The average Bonchev–Trinajstić information content (AvgIpc) is 2.82. The van der Waals surface area contributed by atoms with Gasteiger partial charge in [0.1, 0.15) is 0 Å². The summed E-state index contributed by atoms with van der Waals surface area (Å²) < 4.78 is 11.5. The van der Waals surface area contributed by atoms with E-state index in [1.54, 1.807) is 7.11 Å². The summed E-state index contributed by atoms with van der Waals surface area (Å²) in [5.41, 5.74) is 3.11. The maximum atomic E-state index is 13.6. The Morgan fingerprint density at radius 1 is 1.09 bits per heavy atom. The molecular formula is C26H32N2O3S. The molecule has 1 N–H and O–H groups in total.